The van der Waals surface area contributed by atoms with E-state index in [2.05, 4.69) is 11.8 Å². The van der Waals surface area contributed by atoms with E-state index in [0.717, 1.165) is 39.1 Å². The molecule has 0 aromatic rings. The molecule has 0 spiro atoms. The van der Waals surface area contributed by atoms with Crippen LogP contribution in [0.1, 0.15) is 19.8 Å². The quantitative estimate of drug-likeness (QED) is 0.671. The van der Waals surface area contributed by atoms with E-state index in [1.807, 2.05) is 0 Å². The third-order valence-electron chi connectivity index (χ3n) is 2.21. The van der Waals surface area contributed by atoms with Gasteiger partial charge in [0.05, 0.1) is 6.10 Å². The predicted molar refractivity (Wildman–Crippen MR) is 50.1 cm³/mol. The number of hydrogen-bond donors (Lipinski definition) is 1. The Balaban J connectivity index is 2.21. The highest BCUT2D eigenvalue weighted by molar-refractivity contribution is 4.66. The van der Waals surface area contributed by atoms with Crippen molar-refractivity contribution in [3.63, 3.8) is 0 Å². The van der Waals surface area contributed by atoms with Crippen molar-refractivity contribution in [3.8, 4) is 0 Å². The lowest BCUT2D eigenvalue weighted by molar-refractivity contribution is 0.0677. The van der Waals surface area contributed by atoms with Crippen molar-refractivity contribution >= 4 is 0 Å². The molecule has 0 aromatic heterocycles. The average Bonchev–Trinajstić information content (AvgIpc) is 2.26. The Morgan fingerprint density at radius 3 is 3.17 bits per heavy atom. The van der Waals surface area contributed by atoms with Crippen LogP contribution in [0.5, 0.6) is 0 Å². The van der Waals surface area contributed by atoms with Gasteiger partial charge >= 0.3 is 0 Å². The smallest absolute Gasteiger partial charge is 0.0673 e. The number of rotatable bonds is 3. The lowest BCUT2D eigenvalue weighted by Crippen LogP contribution is -2.32. The first-order valence-electron chi connectivity index (χ1n) is 4.87. The fourth-order valence-electron chi connectivity index (χ4n) is 1.60. The fraction of sp³-hybridized carbons (Fsp3) is 1.00. The molecule has 0 radical (unpaired) electrons. The Labute approximate surface area is 74.9 Å². The molecule has 0 aromatic carbocycles. The summed E-state index contributed by atoms with van der Waals surface area (Å²) < 4.78 is 5.54. The van der Waals surface area contributed by atoms with Crippen LogP contribution in [0.3, 0.4) is 0 Å². The molecule has 0 amide bonds. The molecule has 1 aliphatic rings. The van der Waals surface area contributed by atoms with Crippen LogP contribution in [0.2, 0.25) is 0 Å². The number of ether oxygens (including phenoxy) is 1. The molecule has 1 saturated heterocycles. The van der Waals surface area contributed by atoms with Crippen LogP contribution in [0.15, 0.2) is 0 Å². The topological polar surface area (TPSA) is 38.5 Å². The van der Waals surface area contributed by atoms with Crippen LogP contribution >= 0.6 is 0 Å². The van der Waals surface area contributed by atoms with Crippen LogP contribution in [0, 0.1) is 0 Å². The molecule has 3 nitrogen and oxygen atoms in total. The summed E-state index contributed by atoms with van der Waals surface area (Å²) in [6.45, 7) is 7.22. The Kier molecular flexibility index (Phi) is 4.58. The second-order valence-electron chi connectivity index (χ2n) is 3.48. The van der Waals surface area contributed by atoms with Crippen molar-refractivity contribution in [1.82, 2.24) is 4.90 Å². The zero-order chi connectivity index (χ0) is 8.81. The van der Waals surface area contributed by atoms with Crippen molar-refractivity contribution in [1.29, 1.82) is 0 Å². The highest BCUT2D eigenvalue weighted by Crippen LogP contribution is 2.05. The molecule has 1 rings (SSSR count). The summed E-state index contributed by atoms with van der Waals surface area (Å²) in [6, 6.07) is 0. The van der Waals surface area contributed by atoms with Gasteiger partial charge in [-0.25, -0.2) is 0 Å². The molecule has 72 valence electrons. The molecule has 1 heterocycles. The summed E-state index contributed by atoms with van der Waals surface area (Å²) >= 11 is 0. The Bertz CT molecular complexity index is 119. The maximum absolute atomic E-state index is 5.54. The lowest BCUT2D eigenvalue weighted by Gasteiger charge is -2.20. The zero-order valence-corrected chi connectivity index (χ0v) is 7.96. The van der Waals surface area contributed by atoms with Gasteiger partial charge in [0.15, 0.2) is 0 Å². The van der Waals surface area contributed by atoms with E-state index in [1.54, 1.807) is 0 Å². The van der Waals surface area contributed by atoms with Crippen molar-refractivity contribution in [3.05, 3.63) is 0 Å². The van der Waals surface area contributed by atoms with Gasteiger partial charge in [0.2, 0.25) is 0 Å². The molecule has 1 aliphatic heterocycles. The SMILES string of the molecule is CC1CN(CCCN)CCCO1. The van der Waals surface area contributed by atoms with E-state index in [1.165, 1.54) is 6.54 Å². The van der Waals surface area contributed by atoms with E-state index in [9.17, 15) is 0 Å². The number of nitrogens with two attached hydrogens (primary N) is 1. The second-order valence-corrected chi connectivity index (χ2v) is 3.48. The summed E-state index contributed by atoms with van der Waals surface area (Å²) in [7, 11) is 0. The van der Waals surface area contributed by atoms with Gasteiger partial charge in [-0.1, -0.05) is 0 Å². The average molecular weight is 172 g/mol. The van der Waals surface area contributed by atoms with Crippen LogP contribution in [-0.2, 0) is 4.74 Å². The van der Waals surface area contributed by atoms with E-state index >= 15 is 0 Å². The third-order valence-corrected chi connectivity index (χ3v) is 2.21. The highest BCUT2D eigenvalue weighted by atomic mass is 16.5. The molecular weight excluding hydrogens is 152 g/mol. The van der Waals surface area contributed by atoms with Crippen LogP contribution in [0.4, 0.5) is 0 Å². The first-order valence-corrected chi connectivity index (χ1v) is 4.87. The minimum Gasteiger partial charge on any atom is -0.377 e. The highest BCUT2D eigenvalue weighted by Gasteiger charge is 2.13. The van der Waals surface area contributed by atoms with Gasteiger partial charge in [0.1, 0.15) is 0 Å². The monoisotopic (exact) mass is 172 g/mol. The van der Waals surface area contributed by atoms with Gasteiger partial charge < -0.3 is 15.4 Å². The van der Waals surface area contributed by atoms with Gasteiger partial charge in [-0.15, -0.1) is 0 Å². The van der Waals surface area contributed by atoms with Gasteiger partial charge in [-0.3, -0.25) is 0 Å². The standard InChI is InChI=1S/C9H20N2O/c1-9-8-11(5-2-4-10)6-3-7-12-9/h9H,2-8,10H2,1H3. The zero-order valence-electron chi connectivity index (χ0n) is 7.96. The van der Waals surface area contributed by atoms with E-state index in [-0.39, 0.29) is 0 Å². The van der Waals surface area contributed by atoms with Crippen molar-refractivity contribution in [2.75, 3.05) is 32.8 Å². The number of hydrogen-bond acceptors (Lipinski definition) is 3. The molecule has 0 aliphatic carbocycles. The van der Waals surface area contributed by atoms with Gasteiger partial charge in [-0.2, -0.15) is 0 Å². The minimum atomic E-state index is 0.394. The Hall–Kier alpha value is -0.120. The molecular formula is C9H20N2O. The van der Waals surface area contributed by atoms with Crippen molar-refractivity contribution in [2.24, 2.45) is 5.73 Å². The maximum atomic E-state index is 5.54. The summed E-state index contributed by atoms with van der Waals surface area (Å²) in [4.78, 5) is 2.45. The van der Waals surface area contributed by atoms with Gasteiger partial charge in [0, 0.05) is 19.7 Å². The predicted octanol–water partition coefficient (Wildman–Crippen LogP) is 0.446. The fourth-order valence-corrected chi connectivity index (χ4v) is 1.60. The summed E-state index contributed by atoms with van der Waals surface area (Å²) in [5.41, 5.74) is 5.46. The minimum absolute atomic E-state index is 0.394. The van der Waals surface area contributed by atoms with E-state index < -0.39 is 0 Å². The molecule has 12 heavy (non-hydrogen) atoms. The molecule has 0 saturated carbocycles. The van der Waals surface area contributed by atoms with Crippen molar-refractivity contribution < 1.29 is 4.74 Å². The molecule has 2 N–H and O–H groups in total. The lowest BCUT2D eigenvalue weighted by atomic mass is 10.3. The largest absolute Gasteiger partial charge is 0.377 e. The van der Waals surface area contributed by atoms with Gasteiger partial charge in [-0.05, 0) is 32.9 Å². The summed E-state index contributed by atoms with van der Waals surface area (Å²) in [6.07, 6.45) is 2.66. The maximum Gasteiger partial charge on any atom is 0.0673 e. The van der Waals surface area contributed by atoms with E-state index in [0.29, 0.717) is 6.10 Å². The summed E-state index contributed by atoms with van der Waals surface area (Å²) in [5.74, 6) is 0. The van der Waals surface area contributed by atoms with Crippen molar-refractivity contribution in [2.45, 2.75) is 25.9 Å². The second kappa shape index (κ2) is 5.51. The first-order chi connectivity index (χ1) is 5.83. The van der Waals surface area contributed by atoms with E-state index in [4.69, 9.17) is 10.5 Å². The normalized spacial score (nSPS) is 27.0. The Morgan fingerprint density at radius 1 is 1.58 bits per heavy atom. The third kappa shape index (κ3) is 3.52. The molecule has 1 atom stereocenters. The molecule has 1 unspecified atom stereocenters. The molecule has 1 fully saturated rings. The van der Waals surface area contributed by atoms with Gasteiger partial charge in [0.25, 0.3) is 0 Å². The molecule has 3 heteroatoms. The number of nitrogens with zero attached hydrogens (tertiary/aromatic N) is 1. The summed E-state index contributed by atoms with van der Waals surface area (Å²) in [5, 5.41) is 0. The van der Waals surface area contributed by atoms with Crippen LogP contribution < -0.4 is 5.73 Å². The Morgan fingerprint density at radius 2 is 2.42 bits per heavy atom. The first kappa shape index (κ1) is 9.96. The van der Waals surface area contributed by atoms with Crippen LogP contribution in [0.25, 0.3) is 0 Å². The molecule has 0 bridgehead atoms. The van der Waals surface area contributed by atoms with Crippen LogP contribution in [-0.4, -0.2) is 43.8 Å².